The summed E-state index contributed by atoms with van der Waals surface area (Å²) in [7, 11) is -3.73. The molecule has 8 nitrogen and oxygen atoms in total. The Balaban J connectivity index is 1.72. The van der Waals surface area contributed by atoms with Crippen LogP contribution in [-0.2, 0) is 29.4 Å². The number of nitrogens with zero attached hydrogens (tertiary/aromatic N) is 3. The molecule has 0 atom stereocenters. The number of hydrogen-bond donors (Lipinski definition) is 1. The summed E-state index contributed by atoms with van der Waals surface area (Å²) in [6.07, 6.45) is 3.89. The molecular formula is C15H20N4O4S. The molecule has 0 radical (unpaired) electrons. The van der Waals surface area contributed by atoms with E-state index in [1.54, 1.807) is 19.9 Å². The van der Waals surface area contributed by atoms with E-state index in [-0.39, 0.29) is 29.3 Å². The predicted octanol–water partition coefficient (Wildman–Crippen LogP) is 0.705. The Morgan fingerprint density at radius 2 is 2.04 bits per heavy atom. The Kier molecular flexibility index (Phi) is 4.55. The van der Waals surface area contributed by atoms with Crippen LogP contribution in [0.5, 0.6) is 0 Å². The van der Waals surface area contributed by atoms with Gasteiger partial charge < -0.3 is 4.52 Å². The van der Waals surface area contributed by atoms with E-state index >= 15 is 0 Å². The third-order valence-corrected chi connectivity index (χ3v) is 5.83. The first-order chi connectivity index (χ1) is 11.4. The van der Waals surface area contributed by atoms with E-state index in [2.05, 4.69) is 15.0 Å². The highest BCUT2D eigenvalue weighted by molar-refractivity contribution is 7.89. The number of sulfonamides is 1. The van der Waals surface area contributed by atoms with Crippen molar-refractivity contribution in [2.24, 2.45) is 0 Å². The molecule has 9 heteroatoms. The maximum absolute atomic E-state index is 12.3. The van der Waals surface area contributed by atoms with Crippen molar-refractivity contribution in [3.63, 3.8) is 0 Å². The smallest absolute Gasteiger partial charge is 0.267 e. The highest BCUT2D eigenvalue weighted by Gasteiger charge is 2.23. The maximum Gasteiger partial charge on any atom is 0.267 e. The van der Waals surface area contributed by atoms with E-state index < -0.39 is 10.0 Å². The molecule has 2 aromatic heterocycles. The summed E-state index contributed by atoms with van der Waals surface area (Å²) >= 11 is 0. The van der Waals surface area contributed by atoms with Gasteiger partial charge in [0, 0.05) is 12.6 Å². The molecule has 0 amide bonds. The zero-order valence-corrected chi connectivity index (χ0v) is 14.5. The van der Waals surface area contributed by atoms with Crippen LogP contribution < -0.4 is 10.3 Å². The molecule has 1 N–H and O–H groups in total. The van der Waals surface area contributed by atoms with Crippen molar-refractivity contribution in [1.29, 1.82) is 0 Å². The van der Waals surface area contributed by atoms with Gasteiger partial charge in [0.05, 0.1) is 12.2 Å². The molecule has 2 heterocycles. The molecule has 2 aromatic rings. The lowest BCUT2D eigenvalue weighted by Gasteiger charge is -2.16. The van der Waals surface area contributed by atoms with Crippen molar-refractivity contribution in [3.8, 4) is 0 Å². The minimum absolute atomic E-state index is 0.0493. The molecule has 1 aliphatic rings. The predicted molar refractivity (Wildman–Crippen MR) is 86.3 cm³/mol. The van der Waals surface area contributed by atoms with Gasteiger partial charge in [0.25, 0.3) is 5.56 Å². The number of fused-ring (bicyclic) bond motifs is 1. The molecule has 0 saturated carbocycles. The molecule has 0 aromatic carbocycles. The number of hydrogen-bond acceptors (Lipinski definition) is 6. The van der Waals surface area contributed by atoms with Crippen LogP contribution in [0.3, 0.4) is 0 Å². The van der Waals surface area contributed by atoms with E-state index in [0.29, 0.717) is 5.69 Å². The van der Waals surface area contributed by atoms with Gasteiger partial charge in [0.15, 0.2) is 5.76 Å². The van der Waals surface area contributed by atoms with Gasteiger partial charge in [-0.3, -0.25) is 4.79 Å². The highest BCUT2D eigenvalue weighted by Crippen LogP contribution is 2.18. The van der Waals surface area contributed by atoms with E-state index in [1.807, 2.05) is 0 Å². The summed E-state index contributed by atoms with van der Waals surface area (Å²) in [5, 5.41) is 8.02. The van der Waals surface area contributed by atoms with Crippen molar-refractivity contribution in [1.82, 2.24) is 19.7 Å². The summed E-state index contributed by atoms with van der Waals surface area (Å²) < 4.78 is 33.3. The number of rotatable bonds is 5. The Morgan fingerprint density at radius 3 is 2.75 bits per heavy atom. The number of aromatic nitrogens is 3. The highest BCUT2D eigenvalue weighted by atomic mass is 32.2. The zero-order valence-electron chi connectivity index (χ0n) is 13.7. The molecular weight excluding hydrogens is 332 g/mol. The van der Waals surface area contributed by atoms with Crippen molar-refractivity contribution >= 4 is 10.0 Å². The average molecular weight is 352 g/mol. The molecule has 24 heavy (non-hydrogen) atoms. The minimum Gasteiger partial charge on any atom is -0.360 e. The second-order valence-corrected chi connectivity index (χ2v) is 7.64. The topological polar surface area (TPSA) is 107 Å². The largest absolute Gasteiger partial charge is 0.360 e. The summed E-state index contributed by atoms with van der Waals surface area (Å²) in [6.45, 7) is 3.36. The van der Waals surface area contributed by atoms with Crippen LogP contribution >= 0.6 is 0 Å². The Hall–Kier alpha value is -2.00. The third-order valence-electron chi connectivity index (χ3n) is 4.13. The SMILES string of the molecule is Cc1noc(C)c1S(=O)(=O)NCCn1nc2c(cc1=O)CCCC2. The van der Waals surface area contributed by atoms with Crippen molar-refractivity contribution < 1.29 is 12.9 Å². The molecule has 130 valence electrons. The van der Waals surface area contributed by atoms with Gasteiger partial charge in [-0.15, -0.1) is 0 Å². The number of aryl methyl sites for hydroxylation is 4. The van der Waals surface area contributed by atoms with Crippen LogP contribution in [-0.4, -0.2) is 29.9 Å². The third kappa shape index (κ3) is 3.27. The van der Waals surface area contributed by atoms with E-state index in [0.717, 1.165) is 36.9 Å². The standard InChI is InChI=1S/C15H20N4O4S/c1-10-15(11(2)23-18-10)24(21,22)16-7-8-19-14(20)9-12-5-3-4-6-13(12)17-19/h9,16H,3-8H2,1-2H3. The van der Waals surface area contributed by atoms with Gasteiger partial charge in [-0.2, -0.15) is 5.10 Å². The molecule has 0 bridgehead atoms. The quantitative estimate of drug-likeness (QED) is 0.849. The maximum atomic E-state index is 12.3. The fraction of sp³-hybridized carbons (Fsp3) is 0.533. The fourth-order valence-electron chi connectivity index (χ4n) is 2.98. The normalized spacial score (nSPS) is 14.6. The first-order valence-electron chi connectivity index (χ1n) is 7.91. The fourth-order valence-corrected chi connectivity index (χ4v) is 4.32. The second-order valence-electron chi connectivity index (χ2n) is 5.94. The van der Waals surface area contributed by atoms with E-state index in [9.17, 15) is 13.2 Å². The van der Waals surface area contributed by atoms with E-state index in [4.69, 9.17) is 4.52 Å². The zero-order chi connectivity index (χ0) is 17.3. The van der Waals surface area contributed by atoms with Gasteiger partial charge in [-0.05, 0) is 45.1 Å². The molecule has 0 fully saturated rings. The van der Waals surface area contributed by atoms with Crippen molar-refractivity contribution in [2.75, 3.05) is 6.54 Å². The molecule has 1 aliphatic carbocycles. The summed E-state index contributed by atoms with van der Waals surface area (Å²) in [6, 6.07) is 1.62. The van der Waals surface area contributed by atoms with Gasteiger partial charge in [0.1, 0.15) is 10.6 Å². The summed E-state index contributed by atoms with van der Waals surface area (Å²) in [5.41, 5.74) is 2.06. The van der Waals surface area contributed by atoms with Crippen molar-refractivity contribution in [3.05, 3.63) is 39.1 Å². The van der Waals surface area contributed by atoms with Crippen LogP contribution in [0.2, 0.25) is 0 Å². The van der Waals surface area contributed by atoms with Gasteiger partial charge >= 0.3 is 0 Å². The van der Waals surface area contributed by atoms with Crippen LogP contribution in [0.15, 0.2) is 20.3 Å². The molecule has 0 saturated heterocycles. The molecule has 0 unspecified atom stereocenters. The van der Waals surface area contributed by atoms with Gasteiger partial charge in [-0.1, -0.05) is 5.16 Å². The molecule has 3 rings (SSSR count). The Morgan fingerprint density at radius 1 is 1.29 bits per heavy atom. The van der Waals surface area contributed by atoms with Gasteiger partial charge in [0.2, 0.25) is 10.0 Å². The second kappa shape index (κ2) is 6.48. The monoisotopic (exact) mass is 352 g/mol. The Bertz CT molecular complexity index is 895. The summed E-state index contributed by atoms with van der Waals surface area (Å²) in [5.74, 6) is 0.240. The lowest BCUT2D eigenvalue weighted by molar-refractivity contribution is 0.390. The van der Waals surface area contributed by atoms with Crippen LogP contribution in [0.25, 0.3) is 0 Å². The Labute approximate surface area is 139 Å². The first-order valence-corrected chi connectivity index (χ1v) is 9.39. The van der Waals surface area contributed by atoms with E-state index in [1.165, 1.54) is 4.68 Å². The van der Waals surface area contributed by atoms with Crippen LogP contribution in [0, 0.1) is 13.8 Å². The minimum atomic E-state index is -3.73. The number of nitrogens with one attached hydrogen (secondary N) is 1. The lowest BCUT2D eigenvalue weighted by atomic mass is 9.97. The van der Waals surface area contributed by atoms with Crippen molar-refractivity contribution in [2.45, 2.75) is 51.0 Å². The first kappa shape index (κ1) is 16.8. The lowest BCUT2D eigenvalue weighted by Crippen LogP contribution is -2.33. The van der Waals surface area contributed by atoms with Crippen LogP contribution in [0.4, 0.5) is 0 Å². The van der Waals surface area contributed by atoms with Crippen LogP contribution in [0.1, 0.15) is 35.6 Å². The van der Waals surface area contributed by atoms with Gasteiger partial charge in [-0.25, -0.2) is 17.8 Å². The average Bonchev–Trinajstić information content (AvgIpc) is 2.87. The molecule has 0 spiro atoms. The summed E-state index contributed by atoms with van der Waals surface area (Å²) in [4.78, 5) is 12.1. The molecule has 0 aliphatic heterocycles.